The van der Waals surface area contributed by atoms with E-state index < -0.39 is 6.04 Å². The predicted molar refractivity (Wildman–Crippen MR) is 95.6 cm³/mol. The van der Waals surface area contributed by atoms with Gasteiger partial charge in [-0.15, -0.1) is 10.2 Å². The van der Waals surface area contributed by atoms with E-state index >= 15 is 0 Å². The Hall–Kier alpha value is -2.88. The van der Waals surface area contributed by atoms with Crippen molar-refractivity contribution >= 4 is 23.0 Å². The highest BCUT2D eigenvalue weighted by Crippen LogP contribution is 2.34. The van der Waals surface area contributed by atoms with Crippen molar-refractivity contribution in [1.29, 1.82) is 0 Å². The summed E-state index contributed by atoms with van der Waals surface area (Å²) in [6.45, 7) is 8.66. The number of aliphatic hydroxyl groups excluding tert-OH is 1. The fourth-order valence-corrected chi connectivity index (χ4v) is 2.57. The van der Waals surface area contributed by atoms with Crippen LogP contribution in [0.1, 0.15) is 17.5 Å². The van der Waals surface area contributed by atoms with Crippen molar-refractivity contribution in [3.05, 3.63) is 70.4 Å². The Bertz CT molecular complexity index is 919. The molecule has 0 aliphatic heterocycles. The maximum atomic E-state index is 9.71. The molecule has 6 nitrogen and oxygen atoms in total. The van der Waals surface area contributed by atoms with Crippen molar-refractivity contribution in [3.8, 4) is 11.5 Å². The smallest absolute Gasteiger partial charge is 0.247 e. The number of hydrogen-bond donors (Lipinski definition) is 2. The largest absolute Gasteiger partial charge is 0.418 e. The van der Waals surface area contributed by atoms with E-state index in [1.807, 2.05) is 30.3 Å². The second kappa shape index (κ2) is 7.34. The lowest BCUT2D eigenvalue weighted by atomic mass is 10.1. The van der Waals surface area contributed by atoms with Gasteiger partial charge in [0.05, 0.1) is 18.2 Å². The zero-order valence-corrected chi connectivity index (χ0v) is 14.2. The second-order valence-electron chi connectivity index (χ2n) is 5.37. The standard InChI is InChI=1S/C18H15ClN4O2/c1-11-13(8-9-14(20-2)16(11)19)21-15(10-24)18-23-22-17(25-18)12-6-4-3-5-7-12/h3-9,15,21,24H,10H2,1H3/t15-/m1/s1. The molecule has 1 atom stereocenters. The van der Waals surface area contributed by atoms with Crippen LogP contribution in [0.2, 0.25) is 5.02 Å². The first kappa shape index (κ1) is 17.0. The van der Waals surface area contributed by atoms with Gasteiger partial charge in [0.2, 0.25) is 17.5 Å². The number of nitrogens with one attached hydrogen (secondary N) is 1. The summed E-state index contributed by atoms with van der Waals surface area (Å²) in [5.74, 6) is 0.653. The summed E-state index contributed by atoms with van der Waals surface area (Å²) in [6.07, 6.45) is 0. The molecule has 7 heteroatoms. The molecule has 0 bridgehead atoms. The number of rotatable bonds is 5. The molecule has 25 heavy (non-hydrogen) atoms. The summed E-state index contributed by atoms with van der Waals surface area (Å²) in [5, 5.41) is 21.3. The maximum absolute atomic E-state index is 9.71. The van der Waals surface area contributed by atoms with Crippen LogP contribution in [0.5, 0.6) is 0 Å². The Morgan fingerprint density at radius 1 is 1.24 bits per heavy atom. The molecular formula is C18H15ClN4O2. The van der Waals surface area contributed by atoms with Gasteiger partial charge in [0.1, 0.15) is 6.04 Å². The number of benzene rings is 2. The summed E-state index contributed by atoms with van der Waals surface area (Å²) in [4.78, 5) is 3.37. The number of nitrogens with zero attached hydrogens (tertiary/aromatic N) is 3. The van der Waals surface area contributed by atoms with Crippen LogP contribution in [0, 0.1) is 13.5 Å². The van der Waals surface area contributed by atoms with Crippen LogP contribution in [0.25, 0.3) is 16.3 Å². The third kappa shape index (κ3) is 3.48. The third-order valence-corrected chi connectivity index (χ3v) is 4.24. The highest BCUT2D eigenvalue weighted by atomic mass is 35.5. The summed E-state index contributed by atoms with van der Waals surface area (Å²) in [5.41, 5.74) is 2.60. The molecule has 0 aliphatic rings. The van der Waals surface area contributed by atoms with Crippen LogP contribution in [0.4, 0.5) is 11.4 Å². The highest BCUT2D eigenvalue weighted by molar-refractivity contribution is 6.34. The third-order valence-electron chi connectivity index (χ3n) is 3.76. The van der Waals surface area contributed by atoms with Gasteiger partial charge < -0.3 is 14.8 Å². The highest BCUT2D eigenvalue weighted by Gasteiger charge is 2.20. The van der Waals surface area contributed by atoms with Crippen LogP contribution in [-0.4, -0.2) is 21.9 Å². The van der Waals surface area contributed by atoms with E-state index in [9.17, 15) is 5.11 Å². The number of aliphatic hydroxyl groups is 1. The Balaban J connectivity index is 1.86. The quantitative estimate of drug-likeness (QED) is 0.664. The van der Waals surface area contributed by atoms with Gasteiger partial charge in [-0.1, -0.05) is 35.9 Å². The van der Waals surface area contributed by atoms with E-state index in [0.29, 0.717) is 22.3 Å². The van der Waals surface area contributed by atoms with Crippen LogP contribution < -0.4 is 5.32 Å². The van der Waals surface area contributed by atoms with E-state index in [0.717, 1.165) is 11.1 Å². The molecule has 0 unspecified atom stereocenters. The van der Waals surface area contributed by atoms with Crippen LogP contribution in [0.3, 0.4) is 0 Å². The molecule has 0 spiro atoms. The summed E-state index contributed by atoms with van der Waals surface area (Å²) in [7, 11) is 0. The van der Waals surface area contributed by atoms with Crippen molar-refractivity contribution in [2.75, 3.05) is 11.9 Å². The lowest BCUT2D eigenvalue weighted by Crippen LogP contribution is -2.16. The average molecular weight is 355 g/mol. The van der Waals surface area contributed by atoms with Gasteiger partial charge in [-0.05, 0) is 30.7 Å². The fourth-order valence-electron chi connectivity index (χ4n) is 2.36. The Morgan fingerprint density at radius 3 is 2.68 bits per heavy atom. The normalized spacial score (nSPS) is 11.8. The lowest BCUT2D eigenvalue weighted by molar-refractivity contribution is 0.258. The van der Waals surface area contributed by atoms with Crippen molar-refractivity contribution in [3.63, 3.8) is 0 Å². The molecule has 2 N–H and O–H groups in total. The molecule has 3 aromatic rings. The van der Waals surface area contributed by atoms with E-state index in [2.05, 4.69) is 20.4 Å². The minimum atomic E-state index is -0.585. The molecule has 0 amide bonds. The Morgan fingerprint density at radius 2 is 2.00 bits per heavy atom. The SMILES string of the molecule is [C-]#[N+]c1ccc(N[C@H](CO)c2nnc(-c3ccccc3)o2)c(C)c1Cl. The summed E-state index contributed by atoms with van der Waals surface area (Å²) < 4.78 is 5.68. The van der Waals surface area contributed by atoms with Gasteiger partial charge in [-0.2, -0.15) is 0 Å². The van der Waals surface area contributed by atoms with Gasteiger partial charge in [-0.3, -0.25) is 0 Å². The number of halogens is 1. The first-order valence-corrected chi connectivity index (χ1v) is 7.94. The zero-order valence-electron chi connectivity index (χ0n) is 13.4. The molecule has 0 saturated carbocycles. The van der Waals surface area contributed by atoms with Crippen molar-refractivity contribution in [1.82, 2.24) is 10.2 Å². The topological polar surface area (TPSA) is 75.5 Å². The van der Waals surface area contributed by atoms with E-state index in [4.69, 9.17) is 22.6 Å². The summed E-state index contributed by atoms with van der Waals surface area (Å²) in [6, 6.07) is 12.2. The van der Waals surface area contributed by atoms with Gasteiger partial charge in [0.15, 0.2) is 0 Å². The Kier molecular flexibility index (Phi) is 4.98. The minimum absolute atomic E-state index is 0.238. The van der Waals surface area contributed by atoms with E-state index in [1.165, 1.54) is 0 Å². The molecule has 3 rings (SSSR count). The maximum Gasteiger partial charge on any atom is 0.247 e. The van der Waals surface area contributed by atoms with Crippen LogP contribution >= 0.6 is 11.6 Å². The number of anilines is 1. The van der Waals surface area contributed by atoms with Crippen LogP contribution in [-0.2, 0) is 0 Å². The van der Waals surface area contributed by atoms with Crippen molar-refractivity contribution < 1.29 is 9.52 Å². The molecule has 0 fully saturated rings. The molecule has 126 valence electrons. The average Bonchev–Trinajstić information content (AvgIpc) is 3.14. The van der Waals surface area contributed by atoms with Gasteiger partial charge in [0.25, 0.3) is 0 Å². The molecule has 1 heterocycles. The molecule has 0 aliphatic carbocycles. The van der Waals surface area contributed by atoms with Gasteiger partial charge >= 0.3 is 0 Å². The number of aromatic nitrogens is 2. The number of hydrogen-bond acceptors (Lipinski definition) is 5. The van der Waals surface area contributed by atoms with E-state index in [1.54, 1.807) is 19.1 Å². The first-order chi connectivity index (χ1) is 12.1. The van der Waals surface area contributed by atoms with Crippen molar-refractivity contribution in [2.24, 2.45) is 0 Å². The van der Waals surface area contributed by atoms with Gasteiger partial charge in [0, 0.05) is 11.3 Å². The minimum Gasteiger partial charge on any atom is -0.418 e. The molecule has 0 saturated heterocycles. The van der Waals surface area contributed by atoms with E-state index in [-0.39, 0.29) is 12.5 Å². The molecule has 2 aromatic carbocycles. The monoisotopic (exact) mass is 354 g/mol. The zero-order chi connectivity index (χ0) is 17.8. The molecule has 0 radical (unpaired) electrons. The predicted octanol–water partition coefficient (Wildman–Crippen LogP) is 4.39. The van der Waals surface area contributed by atoms with Crippen LogP contribution in [0.15, 0.2) is 46.9 Å². The first-order valence-electron chi connectivity index (χ1n) is 7.56. The van der Waals surface area contributed by atoms with Gasteiger partial charge in [-0.25, -0.2) is 4.85 Å². The Labute approximate surface area is 149 Å². The fraction of sp³-hybridized carbons (Fsp3) is 0.167. The summed E-state index contributed by atoms with van der Waals surface area (Å²) >= 11 is 6.19. The molecular weight excluding hydrogens is 340 g/mol. The lowest BCUT2D eigenvalue weighted by Gasteiger charge is -2.17. The van der Waals surface area contributed by atoms with Crippen molar-refractivity contribution in [2.45, 2.75) is 13.0 Å². The second-order valence-corrected chi connectivity index (χ2v) is 5.75. The molecule has 1 aromatic heterocycles.